The first-order valence-electron chi connectivity index (χ1n) is 7.06. The molecule has 1 aromatic rings. The highest BCUT2D eigenvalue weighted by atomic mass is 16.5. The summed E-state index contributed by atoms with van der Waals surface area (Å²) in [4.78, 5) is 11.9. The van der Waals surface area contributed by atoms with Crippen LogP contribution in [-0.2, 0) is 11.2 Å². The summed E-state index contributed by atoms with van der Waals surface area (Å²) in [6.45, 7) is 5.68. The van der Waals surface area contributed by atoms with Gasteiger partial charge in [-0.1, -0.05) is 26.0 Å². The molecule has 1 rings (SSSR count). The first-order chi connectivity index (χ1) is 9.46. The Balaban J connectivity index is 2.39. The van der Waals surface area contributed by atoms with Crippen molar-refractivity contribution in [3.05, 3.63) is 29.8 Å². The van der Waals surface area contributed by atoms with Crippen molar-refractivity contribution < 1.29 is 9.53 Å². The van der Waals surface area contributed by atoms with E-state index in [1.165, 1.54) is 0 Å². The van der Waals surface area contributed by atoms with Crippen LogP contribution in [-0.4, -0.2) is 26.1 Å². The number of ether oxygens (including phenoxy) is 1. The summed E-state index contributed by atoms with van der Waals surface area (Å²) in [7, 11) is 1.63. The Morgan fingerprint density at radius 2 is 1.95 bits per heavy atom. The highest BCUT2D eigenvalue weighted by molar-refractivity contribution is 5.78. The summed E-state index contributed by atoms with van der Waals surface area (Å²) in [5.74, 6) is 0.855. The van der Waals surface area contributed by atoms with E-state index in [1.54, 1.807) is 7.11 Å². The predicted octanol–water partition coefficient (Wildman–Crippen LogP) is 2.12. The van der Waals surface area contributed by atoms with Gasteiger partial charge < -0.3 is 15.8 Å². The molecule has 0 bridgehead atoms. The normalized spacial score (nSPS) is 11.2. The van der Waals surface area contributed by atoms with Crippen molar-refractivity contribution in [1.82, 2.24) is 5.32 Å². The topological polar surface area (TPSA) is 64.3 Å². The molecule has 0 aliphatic carbocycles. The molecule has 1 aromatic carbocycles. The lowest BCUT2D eigenvalue weighted by atomic mass is 9.87. The second-order valence-electron chi connectivity index (χ2n) is 5.86. The molecule has 0 aliphatic rings. The summed E-state index contributed by atoms with van der Waals surface area (Å²) in [5.41, 5.74) is 6.60. The zero-order valence-corrected chi connectivity index (χ0v) is 12.7. The maximum Gasteiger partial charge on any atom is 0.224 e. The van der Waals surface area contributed by atoms with E-state index < -0.39 is 0 Å². The molecular formula is C16H26N2O2. The summed E-state index contributed by atoms with van der Waals surface area (Å²) in [5, 5.41) is 3.00. The summed E-state index contributed by atoms with van der Waals surface area (Å²) in [6, 6.07) is 7.57. The van der Waals surface area contributed by atoms with Gasteiger partial charge in [0.1, 0.15) is 5.75 Å². The maximum absolute atomic E-state index is 11.9. The molecule has 112 valence electrons. The fraction of sp³-hybridized carbons (Fsp3) is 0.562. The SMILES string of the molecule is COc1ccc(CC(=O)NCC(C)(C)CCCN)cc1. The van der Waals surface area contributed by atoms with Gasteiger partial charge in [-0.2, -0.15) is 0 Å². The van der Waals surface area contributed by atoms with E-state index >= 15 is 0 Å². The van der Waals surface area contributed by atoms with Gasteiger partial charge in [-0.05, 0) is 42.5 Å². The molecule has 0 radical (unpaired) electrons. The van der Waals surface area contributed by atoms with E-state index in [0.29, 0.717) is 19.5 Å². The molecule has 0 heterocycles. The lowest BCUT2D eigenvalue weighted by molar-refractivity contribution is -0.120. The van der Waals surface area contributed by atoms with E-state index in [9.17, 15) is 4.79 Å². The van der Waals surface area contributed by atoms with Crippen LogP contribution in [0.3, 0.4) is 0 Å². The highest BCUT2D eigenvalue weighted by Gasteiger charge is 2.18. The molecule has 0 aromatic heterocycles. The second kappa shape index (κ2) is 7.90. The van der Waals surface area contributed by atoms with Gasteiger partial charge in [0.25, 0.3) is 0 Å². The first-order valence-corrected chi connectivity index (χ1v) is 7.06. The number of nitrogens with one attached hydrogen (secondary N) is 1. The second-order valence-corrected chi connectivity index (χ2v) is 5.86. The lowest BCUT2D eigenvalue weighted by Crippen LogP contribution is -2.35. The zero-order valence-electron chi connectivity index (χ0n) is 12.7. The fourth-order valence-corrected chi connectivity index (χ4v) is 2.00. The molecule has 3 N–H and O–H groups in total. The van der Waals surface area contributed by atoms with E-state index in [0.717, 1.165) is 24.2 Å². The van der Waals surface area contributed by atoms with Crippen molar-refractivity contribution in [3.63, 3.8) is 0 Å². The van der Waals surface area contributed by atoms with Crippen molar-refractivity contribution in [2.75, 3.05) is 20.2 Å². The van der Waals surface area contributed by atoms with E-state index in [-0.39, 0.29) is 11.3 Å². The van der Waals surface area contributed by atoms with Gasteiger partial charge in [-0.25, -0.2) is 0 Å². The molecule has 1 amide bonds. The van der Waals surface area contributed by atoms with Crippen molar-refractivity contribution in [2.24, 2.45) is 11.1 Å². The van der Waals surface area contributed by atoms with Gasteiger partial charge in [0, 0.05) is 6.54 Å². The molecule has 4 heteroatoms. The zero-order chi connectivity index (χ0) is 15.0. The molecule has 0 fully saturated rings. The first kappa shape index (κ1) is 16.5. The Morgan fingerprint density at radius 3 is 2.50 bits per heavy atom. The molecule has 0 unspecified atom stereocenters. The van der Waals surface area contributed by atoms with Gasteiger partial charge in [0.15, 0.2) is 0 Å². The van der Waals surface area contributed by atoms with Crippen LogP contribution in [0.4, 0.5) is 0 Å². The largest absolute Gasteiger partial charge is 0.497 e. The van der Waals surface area contributed by atoms with Crippen molar-refractivity contribution in [2.45, 2.75) is 33.1 Å². The standard InChI is InChI=1S/C16H26N2O2/c1-16(2,9-4-10-17)12-18-15(19)11-13-5-7-14(20-3)8-6-13/h5-8H,4,9-12,17H2,1-3H3,(H,18,19). The van der Waals surface area contributed by atoms with Gasteiger partial charge in [-0.3, -0.25) is 4.79 Å². The number of methoxy groups -OCH3 is 1. The molecular weight excluding hydrogens is 252 g/mol. The fourth-order valence-electron chi connectivity index (χ4n) is 2.00. The number of hydrogen-bond acceptors (Lipinski definition) is 3. The molecule has 0 saturated heterocycles. The molecule has 0 aliphatic heterocycles. The van der Waals surface area contributed by atoms with Crippen LogP contribution in [0, 0.1) is 5.41 Å². The number of rotatable bonds is 8. The smallest absolute Gasteiger partial charge is 0.224 e. The third-order valence-corrected chi connectivity index (χ3v) is 3.35. The quantitative estimate of drug-likeness (QED) is 0.765. The Hall–Kier alpha value is -1.55. The van der Waals surface area contributed by atoms with E-state index in [1.807, 2.05) is 24.3 Å². The van der Waals surface area contributed by atoms with Crippen LogP contribution in [0.2, 0.25) is 0 Å². The van der Waals surface area contributed by atoms with Gasteiger partial charge >= 0.3 is 0 Å². The number of hydrogen-bond donors (Lipinski definition) is 2. The van der Waals surface area contributed by atoms with E-state index in [4.69, 9.17) is 10.5 Å². The average Bonchev–Trinajstić information content (AvgIpc) is 2.44. The molecule has 0 atom stereocenters. The van der Waals surface area contributed by atoms with Crippen molar-refractivity contribution in [1.29, 1.82) is 0 Å². The minimum Gasteiger partial charge on any atom is -0.497 e. The molecule has 20 heavy (non-hydrogen) atoms. The number of amides is 1. The summed E-state index contributed by atoms with van der Waals surface area (Å²) < 4.78 is 5.09. The average molecular weight is 278 g/mol. The third-order valence-electron chi connectivity index (χ3n) is 3.35. The van der Waals surface area contributed by atoms with Crippen LogP contribution >= 0.6 is 0 Å². The van der Waals surface area contributed by atoms with Crippen LogP contribution in [0.25, 0.3) is 0 Å². The number of nitrogens with two attached hydrogens (primary N) is 1. The number of benzene rings is 1. The minimum absolute atomic E-state index is 0.0518. The predicted molar refractivity (Wildman–Crippen MR) is 81.8 cm³/mol. The lowest BCUT2D eigenvalue weighted by Gasteiger charge is -2.24. The summed E-state index contributed by atoms with van der Waals surface area (Å²) in [6.07, 6.45) is 2.41. The maximum atomic E-state index is 11.9. The Morgan fingerprint density at radius 1 is 1.30 bits per heavy atom. The molecule has 0 spiro atoms. The Kier molecular flexibility index (Phi) is 6.52. The molecule has 4 nitrogen and oxygen atoms in total. The van der Waals surface area contributed by atoms with Crippen LogP contribution in [0.5, 0.6) is 5.75 Å². The Labute approximate surface area is 121 Å². The van der Waals surface area contributed by atoms with Crippen molar-refractivity contribution in [3.8, 4) is 5.75 Å². The number of carbonyl (C=O) groups excluding carboxylic acids is 1. The van der Waals surface area contributed by atoms with Crippen LogP contribution in [0.1, 0.15) is 32.3 Å². The summed E-state index contributed by atoms with van der Waals surface area (Å²) >= 11 is 0. The number of carbonyl (C=O) groups is 1. The molecule has 0 saturated carbocycles. The van der Waals surface area contributed by atoms with Gasteiger partial charge in [0.2, 0.25) is 5.91 Å². The highest BCUT2D eigenvalue weighted by Crippen LogP contribution is 2.20. The third kappa shape index (κ3) is 6.06. The van der Waals surface area contributed by atoms with Crippen LogP contribution < -0.4 is 15.8 Å². The minimum atomic E-state index is 0.0518. The van der Waals surface area contributed by atoms with E-state index in [2.05, 4.69) is 19.2 Å². The Bertz CT molecular complexity index is 413. The van der Waals surface area contributed by atoms with Crippen LogP contribution in [0.15, 0.2) is 24.3 Å². The van der Waals surface area contributed by atoms with Crippen molar-refractivity contribution >= 4 is 5.91 Å². The van der Waals surface area contributed by atoms with Gasteiger partial charge in [0.05, 0.1) is 13.5 Å². The monoisotopic (exact) mass is 278 g/mol. The van der Waals surface area contributed by atoms with Gasteiger partial charge in [-0.15, -0.1) is 0 Å².